The van der Waals surface area contributed by atoms with Crippen molar-refractivity contribution in [2.75, 3.05) is 11.5 Å². The van der Waals surface area contributed by atoms with Crippen molar-refractivity contribution >= 4 is 23.6 Å². The molecule has 5 heteroatoms. The minimum Gasteiger partial charge on any atom is -0.479 e. The highest BCUT2D eigenvalue weighted by atomic mass is 32.2. The summed E-state index contributed by atoms with van der Waals surface area (Å²) in [5, 5.41) is 12.1. The van der Waals surface area contributed by atoms with Crippen molar-refractivity contribution in [3.8, 4) is 0 Å². The third-order valence-corrected chi connectivity index (χ3v) is 5.72. The first kappa shape index (κ1) is 14.4. The van der Waals surface area contributed by atoms with Crippen molar-refractivity contribution in [2.45, 2.75) is 37.1 Å². The second-order valence-electron chi connectivity index (χ2n) is 5.89. The van der Waals surface area contributed by atoms with Gasteiger partial charge in [-0.25, -0.2) is 4.79 Å². The van der Waals surface area contributed by atoms with Gasteiger partial charge in [0.15, 0.2) is 0 Å². The van der Waals surface area contributed by atoms with E-state index in [1.54, 1.807) is 23.9 Å². The summed E-state index contributed by atoms with van der Waals surface area (Å²) in [7, 11) is 0. The predicted molar refractivity (Wildman–Crippen MR) is 82.8 cm³/mol. The van der Waals surface area contributed by atoms with Crippen molar-refractivity contribution in [1.29, 1.82) is 0 Å². The fourth-order valence-corrected chi connectivity index (χ4v) is 4.15. The fraction of sp³-hybridized carbons (Fsp3) is 0.500. The summed E-state index contributed by atoms with van der Waals surface area (Å²) in [6, 6.07) is 7.60. The lowest BCUT2D eigenvalue weighted by atomic mass is 9.80. The average Bonchev–Trinajstić information content (AvgIpc) is 2.87. The van der Waals surface area contributed by atoms with E-state index in [4.69, 9.17) is 0 Å². The van der Waals surface area contributed by atoms with Gasteiger partial charge in [0.05, 0.1) is 0 Å². The molecule has 2 aliphatic rings. The van der Waals surface area contributed by atoms with Gasteiger partial charge in [0, 0.05) is 11.3 Å². The van der Waals surface area contributed by atoms with Gasteiger partial charge >= 0.3 is 5.97 Å². The molecule has 2 fully saturated rings. The topological polar surface area (TPSA) is 66.4 Å². The third-order valence-electron chi connectivity index (χ3n) is 4.53. The maximum absolute atomic E-state index is 12.3. The van der Waals surface area contributed by atoms with E-state index in [0.717, 1.165) is 5.75 Å². The molecule has 1 saturated heterocycles. The van der Waals surface area contributed by atoms with Crippen LogP contribution in [0.4, 0.5) is 0 Å². The van der Waals surface area contributed by atoms with Crippen LogP contribution in [0.3, 0.4) is 0 Å². The lowest BCUT2D eigenvalue weighted by Crippen LogP contribution is -2.54. The normalized spacial score (nSPS) is 25.3. The Bertz CT molecular complexity index is 545. The molecular formula is C16H19NO3S. The number of benzene rings is 1. The molecule has 112 valence electrons. The quantitative estimate of drug-likeness (QED) is 0.897. The molecule has 0 aromatic heterocycles. The van der Waals surface area contributed by atoms with Gasteiger partial charge in [-0.05, 0) is 48.6 Å². The summed E-state index contributed by atoms with van der Waals surface area (Å²) < 4.78 is 0. The highest BCUT2D eigenvalue weighted by Crippen LogP contribution is 2.36. The van der Waals surface area contributed by atoms with Gasteiger partial charge in [0.2, 0.25) is 0 Å². The van der Waals surface area contributed by atoms with Crippen molar-refractivity contribution in [1.82, 2.24) is 5.32 Å². The number of amides is 1. The molecule has 1 aromatic carbocycles. The number of hydrogen-bond acceptors (Lipinski definition) is 3. The lowest BCUT2D eigenvalue weighted by molar-refractivity contribution is -0.143. The van der Waals surface area contributed by atoms with Crippen LogP contribution in [0.5, 0.6) is 0 Å². The van der Waals surface area contributed by atoms with E-state index in [1.807, 2.05) is 12.1 Å². The van der Waals surface area contributed by atoms with Crippen LogP contribution < -0.4 is 5.32 Å². The molecule has 21 heavy (non-hydrogen) atoms. The number of carbonyl (C=O) groups is 2. The molecule has 1 aliphatic heterocycles. The highest BCUT2D eigenvalue weighted by molar-refractivity contribution is 7.99. The predicted octanol–water partition coefficient (Wildman–Crippen LogP) is 2.64. The Hall–Kier alpha value is -1.49. The Balaban J connectivity index is 1.71. The van der Waals surface area contributed by atoms with Crippen LogP contribution in [-0.4, -0.2) is 34.0 Å². The fourth-order valence-electron chi connectivity index (χ4n) is 2.82. The van der Waals surface area contributed by atoms with Crippen LogP contribution in [0, 0.1) is 0 Å². The SMILES string of the molecule is O=C(NC1(C(=O)O)CCSC1)c1ccc(C2CCC2)cc1. The van der Waals surface area contributed by atoms with Gasteiger partial charge in [0.25, 0.3) is 5.91 Å². The van der Waals surface area contributed by atoms with E-state index < -0.39 is 11.5 Å². The number of nitrogens with one attached hydrogen (secondary N) is 1. The Morgan fingerprint density at radius 3 is 2.43 bits per heavy atom. The van der Waals surface area contributed by atoms with Crippen LogP contribution in [0.15, 0.2) is 24.3 Å². The first-order valence-electron chi connectivity index (χ1n) is 7.34. The summed E-state index contributed by atoms with van der Waals surface area (Å²) in [6.45, 7) is 0. The number of carboxylic acids is 1. The molecule has 1 amide bonds. The Kier molecular flexibility index (Phi) is 3.93. The monoisotopic (exact) mass is 305 g/mol. The maximum atomic E-state index is 12.3. The van der Waals surface area contributed by atoms with E-state index in [-0.39, 0.29) is 5.91 Å². The lowest BCUT2D eigenvalue weighted by Gasteiger charge is -2.26. The Labute approximate surface area is 128 Å². The Morgan fingerprint density at radius 2 is 1.95 bits per heavy atom. The molecule has 4 nitrogen and oxygen atoms in total. The van der Waals surface area contributed by atoms with E-state index in [2.05, 4.69) is 5.32 Å². The van der Waals surface area contributed by atoms with Crippen LogP contribution in [0.25, 0.3) is 0 Å². The molecule has 1 unspecified atom stereocenters. The zero-order valence-corrected chi connectivity index (χ0v) is 12.6. The van der Waals surface area contributed by atoms with Gasteiger partial charge in [-0.3, -0.25) is 4.79 Å². The maximum Gasteiger partial charge on any atom is 0.330 e. The van der Waals surface area contributed by atoms with Crippen LogP contribution in [-0.2, 0) is 4.79 Å². The number of carbonyl (C=O) groups excluding carboxylic acids is 1. The number of carboxylic acid groups (broad SMARTS) is 1. The largest absolute Gasteiger partial charge is 0.479 e. The van der Waals surface area contributed by atoms with E-state index in [9.17, 15) is 14.7 Å². The molecule has 3 rings (SSSR count). The molecule has 2 N–H and O–H groups in total. The second kappa shape index (κ2) is 5.72. The van der Waals surface area contributed by atoms with E-state index in [1.165, 1.54) is 24.8 Å². The van der Waals surface area contributed by atoms with E-state index in [0.29, 0.717) is 23.7 Å². The van der Waals surface area contributed by atoms with Crippen molar-refractivity contribution in [3.05, 3.63) is 35.4 Å². The molecule has 0 spiro atoms. The van der Waals surface area contributed by atoms with Gasteiger partial charge in [-0.1, -0.05) is 18.6 Å². The summed E-state index contributed by atoms with van der Waals surface area (Å²) in [4.78, 5) is 23.7. The van der Waals surface area contributed by atoms with Crippen molar-refractivity contribution in [3.63, 3.8) is 0 Å². The highest BCUT2D eigenvalue weighted by Gasteiger charge is 2.43. The number of thioether (sulfide) groups is 1. The van der Waals surface area contributed by atoms with Crippen molar-refractivity contribution in [2.24, 2.45) is 0 Å². The Morgan fingerprint density at radius 1 is 1.24 bits per heavy atom. The number of rotatable bonds is 4. The van der Waals surface area contributed by atoms with Crippen molar-refractivity contribution < 1.29 is 14.7 Å². The average molecular weight is 305 g/mol. The summed E-state index contributed by atoms with van der Waals surface area (Å²) >= 11 is 1.57. The molecule has 1 aliphatic carbocycles. The second-order valence-corrected chi connectivity index (χ2v) is 7.00. The summed E-state index contributed by atoms with van der Waals surface area (Å²) in [5.74, 6) is 0.618. The molecule has 1 heterocycles. The van der Waals surface area contributed by atoms with E-state index >= 15 is 0 Å². The molecule has 1 atom stereocenters. The molecule has 1 aromatic rings. The smallest absolute Gasteiger partial charge is 0.330 e. The standard InChI is InChI=1S/C16H19NO3S/c18-14(17-16(15(19)20)8-9-21-10-16)13-6-4-12(5-7-13)11-2-1-3-11/h4-7,11H,1-3,8-10H2,(H,17,18)(H,19,20). The van der Waals surface area contributed by atoms with Crippen LogP contribution in [0.2, 0.25) is 0 Å². The molecular weight excluding hydrogens is 286 g/mol. The zero-order valence-electron chi connectivity index (χ0n) is 11.8. The minimum atomic E-state index is -1.10. The molecule has 1 saturated carbocycles. The zero-order chi connectivity index (χ0) is 14.9. The van der Waals surface area contributed by atoms with Gasteiger partial charge in [0.1, 0.15) is 5.54 Å². The molecule has 0 radical (unpaired) electrons. The van der Waals surface area contributed by atoms with Gasteiger partial charge in [-0.2, -0.15) is 11.8 Å². The number of hydrogen-bond donors (Lipinski definition) is 2. The van der Waals surface area contributed by atoms with Crippen LogP contribution >= 0.6 is 11.8 Å². The first-order valence-corrected chi connectivity index (χ1v) is 8.50. The number of aliphatic carboxylic acids is 1. The summed E-state index contributed by atoms with van der Waals surface area (Å²) in [6.07, 6.45) is 4.22. The third kappa shape index (κ3) is 2.79. The first-order chi connectivity index (χ1) is 10.1. The summed E-state index contributed by atoms with van der Waals surface area (Å²) in [5.41, 5.74) is 0.715. The van der Waals surface area contributed by atoms with Gasteiger partial charge in [-0.15, -0.1) is 0 Å². The molecule has 0 bridgehead atoms. The van der Waals surface area contributed by atoms with Gasteiger partial charge < -0.3 is 10.4 Å². The van der Waals surface area contributed by atoms with Crippen LogP contribution in [0.1, 0.15) is 47.5 Å². The minimum absolute atomic E-state index is 0.292.